The molecule has 1 fully saturated rings. The van der Waals surface area contributed by atoms with Crippen LogP contribution < -0.4 is 10.6 Å². The second-order valence-corrected chi connectivity index (χ2v) is 5.28. The summed E-state index contributed by atoms with van der Waals surface area (Å²) in [5.41, 5.74) is 5.42. The lowest BCUT2D eigenvalue weighted by atomic mass is 10.2. The van der Waals surface area contributed by atoms with Gasteiger partial charge in [-0.3, -0.25) is 4.79 Å². The number of nitrogens with two attached hydrogens (primary N) is 1. The molecule has 1 unspecified atom stereocenters. The Labute approximate surface area is 115 Å². The summed E-state index contributed by atoms with van der Waals surface area (Å²) in [6, 6.07) is 1.61. The molecule has 0 aliphatic carbocycles. The fourth-order valence-electron chi connectivity index (χ4n) is 2.27. The lowest BCUT2D eigenvalue weighted by Crippen LogP contribution is -2.40. The molecule has 1 aromatic heterocycles. The van der Waals surface area contributed by atoms with E-state index in [9.17, 15) is 4.79 Å². The minimum atomic E-state index is -0.278. The average Bonchev–Trinajstić information content (AvgIpc) is 2.77. The molecular weight excluding hydrogens is 296 g/mol. The molecule has 0 radical (unpaired) electrons. The predicted octanol–water partition coefficient (Wildman–Crippen LogP) is 1.65. The second-order valence-electron chi connectivity index (χ2n) is 4.47. The van der Waals surface area contributed by atoms with Crippen LogP contribution in [0.3, 0.4) is 0 Å². The Morgan fingerprint density at radius 3 is 3.06 bits per heavy atom. The molecule has 1 atom stereocenters. The van der Waals surface area contributed by atoms with Gasteiger partial charge >= 0.3 is 0 Å². The number of amides is 1. The molecule has 1 aromatic rings. The molecule has 0 bridgehead atoms. The van der Waals surface area contributed by atoms with Gasteiger partial charge in [-0.1, -0.05) is 6.92 Å². The third-order valence-electron chi connectivity index (χ3n) is 3.08. The summed E-state index contributed by atoms with van der Waals surface area (Å²) in [6.45, 7) is 2.91. The maximum atomic E-state index is 11.4. The largest absolute Gasteiger partial charge is 0.368 e. The molecule has 6 heteroatoms. The second kappa shape index (κ2) is 5.65. The molecule has 1 aliphatic heterocycles. The normalized spacial score (nSPS) is 19.2. The van der Waals surface area contributed by atoms with Crippen LogP contribution in [0.15, 0.2) is 10.7 Å². The van der Waals surface area contributed by atoms with Gasteiger partial charge < -0.3 is 10.6 Å². The van der Waals surface area contributed by atoms with E-state index in [4.69, 9.17) is 5.73 Å². The van der Waals surface area contributed by atoms with Gasteiger partial charge in [0.1, 0.15) is 22.3 Å². The highest BCUT2D eigenvalue weighted by atomic mass is 79.9. The van der Waals surface area contributed by atoms with Crippen molar-refractivity contribution in [2.45, 2.75) is 38.6 Å². The van der Waals surface area contributed by atoms with E-state index in [1.54, 1.807) is 0 Å². The Bertz CT molecular complexity index is 452. The highest BCUT2D eigenvalue weighted by Gasteiger charge is 2.30. The fraction of sp³-hybridized carbons (Fsp3) is 0.583. The molecule has 1 saturated heterocycles. The van der Waals surface area contributed by atoms with Gasteiger partial charge in [0.25, 0.3) is 0 Å². The zero-order valence-electron chi connectivity index (χ0n) is 10.4. The number of carbonyl (C=O) groups is 1. The Balaban J connectivity index is 2.29. The molecule has 18 heavy (non-hydrogen) atoms. The van der Waals surface area contributed by atoms with Crippen molar-refractivity contribution in [2.75, 3.05) is 11.4 Å². The summed E-state index contributed by atoms with van der Waals surface area (Å²) in [4.78, 5) is 22.2. The predicted molar refractivity (Wildman–Crippen MR) is 73.3 cm³/mol. The van der Waals surface area contributed by atoms with Crippen LogP contribution in [0.5, 0.6) is 0 Å². The third kappa shape index (κ3) is 2.80. The van der Waals surface area contributed by atoms with Gasteiger partial charge in [0, 0.05) is 19.0 Å². The molecule has 0 spiro atoms. The molecule has 2 heterocycles. The number of halogens is 1. The first-order chi connectivity index (χ1) is 8.61. The van der Waals surface area contributed by atoms with Gasteiger partial charge in [0.2, 0.25) is 5.91 Å². The summed E-state index contributed by atoms with van der Waals surface area (Å²) < 4.78 is 0.756. The van der Waals surface area contributed by atoms with E-state index >= 15 is 0 Å². The highest BCUT2D eigenvalue weighted by Crippen LogP contribution is 2.25. The van der Waals surface area contributed by atoms with Crippen LogP contribution in [0.4, 0.5) is 5.82 Å². The summed E-state index contributed by atoms with van der Waals surface area (Å²) >= 11 is 3.39. The first kappa shape index (κ1) is 13.3. The molecule has 2 N–H and O–H groups in total. The number of carbonyl (C=O) groups excluding carboxylic acids is 1. The maximum absolute atomic E-state index is 11.4. The van der Waals surface area contributed by atoms with Crippen molar-refractivity contribution in [3.8, 4) is 0 Å². The van der Waals surface area contributed by atoms with Crippen molar-refractivity contribution in [3.63, 3.8) is 0 Å². The Morgan fingerprint density at radius 1 is 1.61 bits per heavy atom. The van der Waals surface area contributed by atoms with Gasteiger partial charge in [-0.15, -0.1) is 0 Å². The lowest BCUT2D eigenvalue weighted by Gasteiger charge is -2.23. The van der Waals surface area contributed by atoms with Gasteiger partial charge in [0.15, 0.2) is 0 Å². The van der Waals surface area contributed by atoms with Crippen molar-refractivity contribution in [1.82, 2.24) is 9.97 Å². The fourth-order valence-corrected chi connectivity index (χ4v) is 2.68. The standard InChI is InChI=1S/C12H17BrN4O/c1-2-4-10-15-9(13)7-11(16-10)17-6-3-5-8(17)12(14)18/h7-8H,2-6H2,1H3,(H2,14,18). The third-order valence-corrected chi connectivity index (χ3v) is 3.48. The number of hydrogen-bond acceptors (Lipinski definition) is 4. The van der Waals surface area contributed by atoms with Gasteiger partial charge in [-0.25, -0.2) is 9.97 Å². The minimum absolute atomic E-state index is 0.235. The number of primary amides is 1. The number of aryl methyl sites for hydroxylation is 1. The number of nitrogens with zero attached hydrogens (tertiary/aromatic N) is 3. The van der Waals surface area contributed by atoms with E-state index in [2.05, 4.69) is 32.8 Å². The van der Waals surface area contributed by atoms with E-state index in [1.807, 2.05) is 11.0 Å². The summed E-state index contributed by atoms with van der Waals surface area (Å²) in [5.74, 6) is 1.32. The molecule has 5 nitrogen and oxygen atoms in total. The number of hydrogen-bond donors (Lipinski definition) is 1. The summed E-state index contributed by atoms with van der Waals surface area (Å²) in [5, 5.41) is 0. The molecule has 0 saturated carbocycles. The first-order valence-corrected chi connectivity index (χ1v) is 7.00. The summed E-state index contributed by atoms with van der Waals surface area (Å²) in [7, 11) is 0. The average molecular weight is 313 g/mol. The van der Waals surface area contributed by atoms with Crippen LogP contribution in [0.25, 0.3) is 0 Å². The van der Waals surface area contributed by atoms with Crippen LogP contribution in [0.1, 0.15) is 32.0 Å². The Morgan fingerprint density at radius 2 is 2.39 bits per heavy atom. The van der Waals surface area contributed by atoms with E-state index in [0.29, 0.717) is 0 Å². The van der Waals surface area contributed by atoms with Crippen molar-refractivity contribution in [2.24, 2.45) is 5.73 Å². The van der Waals surface area contributed by atoms with E-state index in [0.717, 1.165) is 48.5 Å². The van der Waals surface area contributed by atoms with Crippen LogP contribution in [-0.4, -0.2) is 28.5 Å². The zero-order valence-corrected chi connectivity index (χ0v) is 12.0. The Kier molecular flexibility index (Phi) is 4.16. The smallest absolute Gasteiger partial charge is 0.240 e. The number of aromatic nitrogens is 2. The molecule has 2 rings (SSSR count). The number of anilines is 1. The first-order valence-electron chi connectivity index (χ1n) is 6.21. The van der Waals surface area contributed by atoms with Crippen molar-refractivity contribution in [1.29, 1.82) is 0 Å². The van der Waals surface area contributed by atoms with Gasteiger partial charge in [-0.05, 0) is 35.2 Å². The maximum Gasteiger partial charge on any atom is 0.240 e. The van der Waals surface area contributed by atoms with Crippen LogP contribution in [-0.2, 0) is 11.2 Å². The van der Waals surface area contributed by atoms with E-state index in [-0.39, 0.29) is 11.9 Å². The Hall–Kier alpha value is -1.17. The summed E-state index contributed by atoms with van der Waals surface area (Å²) in [6.07, 6.45) is 3.61. The molecule has 1 amide bonds. The van der Waals surface area contributed by atoms with Gasteiger partial charge in [0.05, 0.1) is 0 Å². The molecule has 1 aliphatic rings. The molecule has 98 valence electrons. The quantitative estimate of drug-likeness (QED) is 0.858. The topological polar surface area (TPSA) is 72.1 Å². The monoisotopic (exact) mass is 312 g/mol. The zero-order chi connectivity index (χ0) is 13.1. The highest BCUT2D eigenvalue weighted by molar-refractivity contribution is 9.10. The minimum Gasteiger partial charge on any atom is -0.368 e. The van der Waals surface area contributed by atoms with Crippen molar-refractivity contribution >= 4 is 27.7 Å². The SMILES string of the molecule is CCCc1nc(Br)cc(N2CCCC2C(N)=O)n1. The molecular formula is C12H17BrN4O. The molecule has 0 aromatic carbocycles. The number of rotatable bonds is 4. The van der Waals surface area contributed by atoms with Crippen LogP contribution >= 0.6 is 15.9 Å². The lowest BCUT2D eigenvalue weighted by molar-refractivity contribution is -0.119. The van der Waals surface area contributed by atoms with Crippen LogP contribution in [0, 0.1) is 0 Å². The van der Waals surface area contributed by atoms with E-state index in [1.165, 1.54) is 0 Å². The van der Waals surface area contributed by atoms with Crippen molar-refractivity contribution < 1.29 is 4.79 Å². The van der Waals surface area contributed by atoms with Crippen molar-refractivity contribution in [3.05, 3.63) is 16.5 Å². The van der Waals surface area contributed by atoms with Crippen LogP contribution in [0.2, 0.25) is 0 Å². The van der Waals surface area contributed by atoms with Gasteiger partial charge in [-0.2, -0.15) is 0 Å². The van der Waals surface area contributed by atoms with E-state index < -0.39 is 0 Å².